The highest BCUT2D eigenvalue weighted by atomic mass is 79.9. The molecule has 4 rings (SSSR count). The van der Waals surface area contributed by atoms with Crippen LogP contribution >= 0.6 is 39.1 Å². The zero-order valence-corrected chi connectivity index (χ0v) is 18.2. The first-order valence-corrected chi connectivity index (χ1v) is 9.92. The number of aryl methyl sites for hydroxylation is 1. The lowest BCUT2D eigenvalue weighted by Crippen LogP contribution is -2.19. The van der Waals surface area contributed by atoms with Gasteiger partial charge in [0.25, 0.3) is 11.8 Å². The smallest absolute Gasteiger partial charge is 0.388 e. The summed E-state index contributed by atoms with van der Waals surface area (Å²) in [6.07, 6.45) is 1.54. The normalized spacial score (nSPS) is 10.9. The van der Waals surface area contributed by atoms with Crippen molar-refractivity contribution in [1.29, 1.82) is 0 Å². The number of aromatic amines is 1. The molecule has 9 nitrogen and oxygen atoms in total. The Kier molecular flexibility index (Phi) is 5.46. The molecule has 0 fully saturated rings. The van der Waals surface area contributed by atoms with Crippen LogP contribution in [0.4, 0.5) is 5.69 Å². The number of amides is 1. The molecule has 0 aliphatic heterocycles. The van der Waals surface area contributed by atoms with Gasteiger partial charge >= 0.3 is 5.76 Å². The highest BCUT2D eigenvalue weighted by molar-refractivity contribution is 9.10. The molecular formula is C18H11BrCl2N6O3. The van der Waals surface area contributed by atoms with Crippen molar-refractivity contribution < 1.29 is 9.21 Å². The molecule has 12 heteroatoms. The van der Waals surface area contributed by atoms with Crippen LogP contribution in [0, 0.1) is 6.92 Å². The first-order chi connectivity index (χ1) is 14.3. The summed E-state index contributed by atoms with van der Waals surface area (Å²) < 4.78 is 6.77. The predicted molar refractivity (Wildman–Crippen MR) is 114 cm³/mol. The number of aromatic nitrogens is 5. The standard InChI is InChI=1S/C18H11BrCl2N6O3/c1-8-5-9(20)6-10(17-24-25-18(29)30-17)14(8)23-16(28)12-7-13(19)26-27(12)15-11(21)3-2-4-22-15/h2-7H,1H3,(H,23,28)(H,25,29). The summed E-state index contributed by atoms with van der Waals surface area (Å²) >= 11 is 15.6. The molecule has 0 radical (unpaired) electrons. The van der Waals surface area contributed by atoms with Crippen LogP contribution < -0.4 is 11.1 Å². The lowest BCUT2D eigenvalue weighted by Gasteiger charge is -2.13. The summed E-state index contributed by atoms with van der Waals surface area (Å²) in [4.78, 5) is 28.7. The maximum atomic E-state index is 13.1. The van der Waals surface area contributed by atoms with E-state index in [1.165, 1.54) is 16.8 Å². The summed E-state index contributed by atoms with van der Waals surface area (Å²) in [5.41, 5.74) is 1.52. The Labute approximate surface area is 187 Å². The second-order valence-corrected chi connectivity index (χ2v) is 7.75. The van der Waals surface area contributed by atoms with Crippen LogP contribution in [-0.4, -0.2) is 30.9 Å². The molecule has 1 amide bonds. The van der Waals surface area contributed by atoms with E-state index in [2.05, 4.69) is 41.5 Å². The third kappa shape index (κ3) is 3.89. The summed E-state index contributed by atoms with van der Waals surface area (Å²) in [6.45, 7) is 1.75. The number of nitrogens with zero attached hydrogens (tertiary/aromatic N) is 4. The molecule has 1 aromatic carbocycles. The molecule has 0 aliphatic rings. The van der Waals surface area contributed by atoms with Crippen LogP contribution in [0.15, 0.2) is 50.3 Å². The number of carbonyl (C=O) groups excluding carboxylic acids is 1. The van der Waals surface area contributed by atoms with E-state index in [0.717, 1.165) is 0 Å². The lowest BCUT2D eigenvalue weighted by molar-refractivity contribution is 0.101. The Hall–Kier alpha value is -2.95. The minimum Gasteiger partial charge on any atom is -0.388 e. The first kappa shape index (κ1) is 20.3. The van der Waals surface area contributed by atoms with Gasteiger partial charge in [-0.2, -0.15) is 5.10 Å². The molecule has 0 unspecified atom stereocenters. The van der Waals surface area contributed by atoms with E-state index in [1.807, 2.05) is 0 Å². The number of pyridine rings is 1. The minimum atomic E-state index is -0.730. The molecule has 3 heterocycles. The SMILES string of the molecule is Cc1cc(Cl)cc(-c2n[nH]c(=O)o2)c1NC(=O)c1cc(Br)nn1-c1ncccc1Cl. The van der Waals surface area contributed by atoms with Gasteiger partial charge in [0.2, 0.25) is 0 Å². The van der Waals surface area contributed by atoms with Crippen LogP contribution in [0.3, 0.4) is 0 Å². The number of carbonyl (C=O) groups is 1. The Morgan fingerprint density at radius 3 is 2.80 bits per heavy atom. The van der Waals surface area contributed by atoms with Crippen LogP contribution in [0.1, 0.15) is 16.1 Å². The molecular weight excluding hydrogens is 499 g/mol. The minimum absolute atomic E-state index is 0.0108. The largest absolute Gasteiger partial charge is 0.434 e. The number of halogens is 3. The average molecular weight is 510 g/mol. The number of rotatable bonds is 4. The van der Waals surface area contributed by atoms with E-state index in [1.54, 1.807) is 31.3 Å². The van der Waals surface area contributed by atoms with Gasteiger partial charge in [0.1, 0.15) is 10.3 Å². The summed E-state index contributed by atoms with van der Waals surface area (Å²) in [5, 5.41) is 13.8. The molecule has 2 N–H and O–H groups in total. The number of H-pyrrole nitrogens is 1. The van der Waals surface area contributed by atoms with Gasteiger partial charge in [-0.1, -0.05) is 23.2 Å². The van der Waals surface area contributed by atoms with E-state index in [4.69, 9.17) is 27.6 Å². The van der Waals surface area contributed by atoms with Gasteiger partial charge in [-0.3, -0.25) is 4.79 Å². The van der Waals surface area contributed by atoms with Crippen molar-refractivity contribution in [2.24, 2.45) is 0 Å². The molecule has 0 saturated heterocycles. The third-order valence-corrected chi connectivity index (χ3v) is 4.96. The molecule has 0 aliphatic carbocycles. The summed E-state index contributed by atoms with van der Waals surface area (Å²) in [7, 11) is 0. The van der Waals surface area contributed by atoms with Gasteiger partial charge in [-0.15, -0.1) is 5.10 Å². The first-order valence-electron chi connectivity index (χ1n) is 8.37. The fourth-order valence-electron chi connectivity index (χ4n) is 2.81. The summed E-state index contributed by atoms with van der Waals surface area (Å²) in [6, 6.07) is 8.04. The van der Waals surface area contributed by atoms with Crippen LogP contribution in [0.25, 0.3) is 17.3 Å². The lowest BCUT2D eigenvalue weighted by atomic mass is 10.1. The second kappa shape index (κ2) is 8.05. The monoisotopic (exact) mass is 508 g/mol. The maximum Gasteiger partial charge on any atom is 0.434 e. The van der Waals surface area contributed by atoms with E-state index in [9.17, 15) is 9.59 Å². The molecule has 3 aromatic heterocycles. The maximum absolute atomic E-state index is 13.1. The van der Waals surface area contributed by atoms with Crippen molar-refractivity contribution >= 4 is 50.7 Å². The fraction of sp³-hybridized carbons (Fsp3) is 0.0556. The van der Waals surface area contributed by atoms with Gasteiger partial charge in [0, 0.05) is 17.3 Å². The van der Waals surface area contributed by atoms with Crippen molar-refractivity contribution in [3.05, 3.63) is 73.0 Å². The Bertz CT molecular complexity index is 1330. The van der Waals surface area contributed by atoms with Crippen LogP contribution in [-0.2, 0) is 0 Å². The van der Waals surface area contributed by atoms with Crippen molar-refractivity contribution in [2.45, 2.75) is 6.92 Å². The third-order valence-electron chi connectivity index (χ3n) is 4.06. The number of anilines is 1. The molecule has 4 aromatic rings. The van der Waals surface area contributed by atoms with Gasteiger partial charge < -0.3 is 9.73 Å². The number of hydrogen-bond donors (Lipinski definition) is 2. The molecule has 0 saturated carbocycles. The zero-order chi connectivity index (χ0) is 21.4. The van der Waals surface area contributed by atoms with Gasteiger partial charge in [-0.25, -0.2) is 19.6 Å². The summed E-state index contributed by atoms with van der Waals surface area (Å²) in [5.74, 6) is -0.948. The van der Waals surface area contributed by atoms with Gasteiger partial charge in [-0.05, 0) is 52.7 Å². The van der Waals surface area contributed by atoms with Gasteiger partial charge in [0.05, 0.1) is 16.3 Å². The highest BCUT2D eigenvalue weighted by Gasteiger charge is 2.22. The van der Waals surface area contributed by atoms with Crippen LogP contribution in [0.5, 0.6) is 0 Å². The van der Waals surface area contributed by atoms with Crippen LogP contribution in [0.2, 0.25) is 10.0 Å². The van der Waals surface area contributed by atoms with Crippen molar-refractivity contribution in [3.63, 3.8) is 0 Å². The molecule has 30 heavy (non-hydrogen) atoms. The van der Waals surface area contributed by atoms with E-state index >= 15 is 0 Å². The number of nitrogens with one attached hydrogen (secondary N) is 2. The Balaban J connectivity index is 1.78. The van der Waals surface area contributed by atoms with Crippen molar-refractivity contribution in [2.75, 3.05) is 5.32 Å². The van der Waals surface area contributed by atoms with Crippen molar-refractivity contribution in [3.8, 4) is 17.3 Å². The zero-order valence-electron chi connectivity index (χ0n) is 15.1. The molecule has 0 spiro atoms. The predicted octanol–water partition coefficient (Wildman–Crippen LogP) is 4.24. The average Bonchev–Trinajstić information content (AvgIpc) is 3.29. The second-order valence-electron chi connectivity index (χ2n) is 6.09. The van der Waals surface area contributed by atoms with E-state index in [0.29, 0.717) is 37.3 Å². The quantitative estimate of drug-likeness (QED) is 0.424. The van der Waals surface area contributed by atoms with E-state index < -0.39 is 11.7 Å². The topological polar surface area (TPSA) is 119 Å². The van der Waals surface area contributed by atoms with Crippen molar-refractivity contribution in [1.82, 2.24) is 25.0 Å². The molecule has 0 atom stereocenters. The fourth-order valence-corrected chi connectivity index (χ4v) is 3.66. The highest BCUT2D eigenvalue weighted by Crippen LogP contribution is 2.33. The Morgan fingerprint density at radius 2 is 2.10 bits per heavy atom. The number of hydrogen-bond acceptors (Lipinski definition) is 6. The van der Waals surface area contributed by atoms with Gasteiger partial charge in [0.15, 0.2) is 5.82 Å². The molecule has 152 valence electrons. The molecule has 0 bridgehead atoms. The number of benzene rings is 1. The Morgan fingerprint density at radius 1 is 1.30 bits per heavy atom. The van der Waals surface area contributed by atoms with E-state index in [-0.39, 0.29) is 11.6 Å².